The van der Waals surface area contributed by atoms with Crippen LogP contribution in [0.5, 0.6) is 0 Å². The molecule has 17 heavy (non-hydrogen) atoms. The van der Waals surface area contributed by atoms with Crippen molar-refractivity contribution in [3.05, 3.63) is 69.7 Å². The summed E-state index contributed by atoms with van der Waals surface area (Å²) in [5, 5.41) is 1.08. The second-order valence-electron chi connectivity index (χ2n) is 3.56. The van der Waals surface area contributed by atoms with Crippen molar-refractivity contribution in [1.29, 1.82) is 0 Å². The van der Waals surface area contributed by atoms with Crippen molar-refractivity contribution in [3.63, 3.8) is 0 Å². The van der Waals surface area contributed by atoms with Gasteiger partial charge in [-0.1, -0.05) is 59.6 Å². The summed E-state index contributed by atoms with van der Waals surface area (Å²) in [6.45, 7) is 0. The highest BCUT2D eigenvalue weighted by Crippen LogP contribution is 2.27. The maximum atomic E-state index is 6.13. The van der Waals surface area contributed by atoms with Crippen molar-refractivity contribution < 1.29 is 0 Å². The van der Waals surface area contributed by atoms with Crippen LogP contribution in [-0.4, -0.2) is 0 Å². The van der Waals surface area contributed by atoms with E-state index in [0.717, 1.165) is 11.1 Å². The number of rotatable bonds is 2. The van der Waals surface area contributed by atoms with Gasteiger partial charge in [0.2, 0.25) is 0 Å². The van der Waals surface area contributed by atoms with E-state index in [4.69, 9.17) is 28.9 Å². The predicted octanol–water partition coefficient (Wildman–Crippen LogP) is 4.46. The smallest absolute Gasteiger partial charge is 0.0595 e. The maximum Gasteiger partial charge on any atom is 0.0595 e. The normalized spacial score (nSPS) is 11.7. The Kier molecular flexibility index (Phi) is 5.29. The molecule has 0 saturated carbocycles. The number of hydrogen-bond donors (Lipinski definition) is 1. The van der Waals surface area contributed by atoms with Crippen molar-refractivity contribution in [3.8, 4) is 0 Å². The van der Waals surface area contributed by atoms with Gasteiger partial charge < -0.3 is 5.73 Å². The quantitative estimate of drug-likeness (QED) is 0.867. The molecule has 0 spiro atoms. The van der Waals surface area contributed by atoms with Gasteiger partial charge in [0.05, 0.1) is 16.1 Å². The van der Waals surface area contributed by atoms with Gasteiger partial charge in [0, 0.05) is 0 Å². The minimum atomic E-state index is -0.170. The first-order valence-electron chi connectivity index (χ1n) is 4.94. The van der Waals surface area contributed by atoms with E-state index in [9.17, 15) is 0 Å². The van der Waals surface area contributed by atoms with Crippen LogP contribution in [0.25, 0.3) is 0 Å². The highest BCUT2D eigenvalue weighted by atomic mass is 35.5. The lowest BCUT2D eigenvalue weighted by atomic mass is 10.00. The van der Waals surface area contributed by atoms with E-state index in [0.29, 0.717) is 10.0 Å². The fraction of sp³-hybridized carbons (Fsp3) is 0.0769. The predicted molar refractivity (Wildman–Crippen MR) is 76.2 cm³/mol. The Bertz CT molecular complexity index is 485. The Hall–Kier alpha value is -0.730. The molecule has 0 aliphatic rings. The molecule has 0 aromatic heterocycles. The van der Waals surface area contributed by atoms with Crippen molar-refractivity contribution in [2.24, 2.45) is 5.73 Å². The summed E-state index contributed by atoms with van der Waals surface area (Å²) in [5.41, 5.74) is 8.15. The first kappa shape index (κ1) is 14.3. The lowest BCUT2D eigenvalue weighted by molar-refractivity contribution is 0.872. The SMILES string of the molecule is Cl.NC(c1ccccc1)c1ccc(Cl)c(Cl)c1. The third kappa shape index (κ3) is 3.36. The Morgan fingerprint density at radius 2 is 1.47 bits per heavy atom. The Balaban J connectivity index is 0.00000144. The van der Waals surface area contributed by atoms with E-state index in [1.165, 1.54) is 0 Å². The molecule has 0 bridgehead atoms. The molecule has 0 amide bonds. The summed E-state index contributed by atoms with van der Waals surface area (Å²) in [6, 6.07) is 15.2. The summed E-state index contributed by atoms with van der Waals surface area (Å²) in [7, 11) is 0. The number of nitrogens with two attached hydrogens (primary N) is 1. The lowest BCUT2D eigenvalue weighted by Gasteiger charge is -2.13. The first-order chi connectivity index (χ1) is 7.68. The standard InChI is InChI=1S/C13H11Cl2N.ClH/c14-11-7-6-10(8-12(11)15)13(16)9-4-2-1-3-5-9;/h1-8,13H,16H2;1H. The van der Waals surface area contributed by atoms with Gasteiger partial charge in [-0.3, -0.25) is 0 Å². The summed E-state index contributed by atoms with van der Waals surface area (Å²) in [5.74, 6) is 0. The zero-order valence-corrected chi connectivity index (χ0v) is 11.3. The van der Waals surface area contributed by atoms with Crippen LogP contribution >= 0.6 is 35.6 Å². The van der Waals surface area contributed by atoms with Gasteiger partial charge >= 0.3 is 0 Å². The molecule has 90 valence electrons. The molecule has 0 aliphatic carbocycles. The van der Waals surface area contributed by atoms with Crippen molar-refractivity contribution in [2.45, 2.75) is 6.04 Å². The lowest BCUT2D eigenvalue weighted by Crippen LogP contribution is -2.11. The first-order valence-corrected chi connectivity index (χ1v) is 5.69. The molecule has 2 aromatic carbocycles. The highest BCUT2D eigenvalue weighted by Gasteiger charge is 2.09. The van der Waals surface area contributed by atoms with E-state index in [2.05, 4.69) is 0 Å². The largest absolute Gasteiger partial charge is 0.320 e. The molecular weight excluding hydrogens is 277 g/mol. The van der Waals surface area contributed by atoms with Gasteiger partial charge in [-0.2, -0.15) is 0 Å². The topological polar surface area (TPSA) is 26.0 Å². The van der Waals surface area contributed by atoms with Crippen LogP contribution < -0.4 is 5.73 Å². The number of benzene rings is 2. The molecule has 0 heterocycles. The third-order valence-electron chi connectivity index (χ3n) is 2.46. The molecule has 4 heteroatoms. The zero-order chi connectivity index (χ0) is 11.5. The summed E-state index contributed by atoms with van der Waals surface area (Å²) in [6.07, 6.45) is 0. The fourth-order valence-electron chi connectivity index (χ4n) is 1.56. The Morgan fingerprint density at radius 3 is 2.06 bits per heavy atom. The van der Waals surface area contributed by atoms with Crippen LogP contribution in [0.2, 0.25) is 10.0 Å². The van der Waals surface area contributed by atoms with Crippen molar-refractivity contribution >= 4 is 35.6 Å². The van der Waals surface area contributed by atoms with Gasteiger partial charge in [-0.05, 0) is 23.3 Å². The molecular formula is C13H12Cl3N. The highest BCUT2D eigenvalue weighted by molar-refractivity contribution is 6.42. The average Bonchev–Trinajstić information content (AvgIpc) is 2.33. The van der Waals surface area contributed by atoms with Crippen LogP contribution in [0, 0.1) is 0 Å². The van der Waals surface area contributed by atoms with E-state index in [-0.39, 0.29) is 18.4 Å². The minimum absolute atomic E-state index is 0. The van der Waals surface area contributed by atoms with Crippen LogP contribution in [0.15, 0.2) is 48.5 Å². The number of halogens is 3. The number of hydrogen-bond acceptors (Lipinski definition) is 1. The van der Waals surface area contributed by atoms with Crippen molar-refractivity contribution in [1.82, 2.24) is 0 Å². The molecule has 1 unspecified atom stereocenters. The van der Waals surface area contributed by atoms with Crippen LogP contribution in [0.3, 0.4) is 0 Å². The van der Waals surface area contributed by atoms with Crippen LogP contribution in [0.4, 0.5) is 0 Å². The van der Waals surface area contributed by atoms with E-state index >= 15 is 0 Å². The summed E-state index contributed by atoms with van der Waals surface area (Å²) in [4.78, 5) is 0. The third-order valence-corrected chi connectivity index (χ3v) is 3.20. The molecule has 0 fully saturated rings. The Labute approximate surface area is 117 Å². The van der Waals surface area contributed by atoms with E-state index < -0.39 is 0 Å². The molecule has 0 aliphatic heterocycles. The summed E-state index contributed by atoms with van der Waals surface area (Å²) >= 11 is 11.8. The average molecular weight is 289 g/mol. The van der Waals surface area contributed by atoms with Gasteiger partial charge in [0.25, 0.3) is 0 Å². The second kappa shape index (κ2) is 6.27. The molecule has 0 saturated heterocycles. The van der Waals surface area contributed by atoms with Gasteiger partial charge in [-0.15, -0.1) is 12.4 Å². The van der Waals surface area contributed by atoms with Gasteiger partial charge in [0.1, 0.15) is 0 Å². The molecule has 2 aromatic rings. The van der Waals surface area contributed by atoms with Crippen LogP contribution in [-0.2, 0) is 0 Å². The monoisotopic (exact) mass is 287 g/mol. The van der Waals surface area contributed by atoms with Crippen LogP contribution in [0.1, 0.15) is 17.2 Å². The van der Waals surface area contributed by atoms with Crippen molar-refractivity contribution in [2.75, 3.05) is 0 Å². The molecule has 1 nitrogen and oxygen atoms in total. The van der Waals surface area contributed by atoms with Gasteiger partial charge in [-0.25, -0.2) is 0 Å². The molecule has 0 radical (unpaired) electrons. The van der Waals surface area contributed by atoms with Gasteiger partial charge in [0.15, 0.2) is 0 Å². The maximum absolute atomic E-state index is 6.13. The summed E-state index contributed by atoms with van der Waals surface area (Å²) < 4.78 is 0. The van der Waals surface area contributed by atoms with E-state index in [1.54, 1.807) is 6.07 Å². The zero-order valence-electron chi connectivity index (χ0n) is 8.94. The fourth-order valence-corrected chi connectivity index (χ4v) is 1.87. The minimum Gasteiger partial charge on any atom is -0.320 e. The van der Waals surface area contributed by atoms with E-state index in [1.807, 2.05) is 42.5 Å². The molecule has 2 N–H and O–H groups in total. The Morgan fingerprint density at radius 1 is 0.824 bits per heavy atom. The molecule has 1 atom stereocenters. The second-order valence-corrected chi connectivity index (χ2v) is 4.38. The molecule has 2 rings (SSSR count).